The number of alkyl halides is 4. The summed E-state index contributed by atoms with van der Waals surface area (Å²) in [6.07, 6.45) is -4.30. The molecule has 19 heavy (non-hydrogen) atoms. The molecule has 2 rings (SSSR count). The minimum absolute atomic E-state index is 0.217. The van der Waals surface area contributed by atoms with E-state index in [4.69, 9.17) is 0 Å². The first kappa shape index (κ1) is 15.0. The number of hydrogen-bond donors (Lipinski definition) is 0. The summed E-state index contributed by atoms with van der Waals surface area (Å²) in [5.41, 5.74) is 0.424. The van der Waals surface area contributed by atoms with Gasteiger partial charge in [-0.1, -0.05) is 28.9 Å². The molecule has 1 aromatic carbocycles. The van der Waals surface area contributed by atoms with Gasteiger partial charge in [0.2, 0.25) is 0 Å². The zero-order valence-corrected chi connectivity index (χ0v) is 12.9. The molecule has 1 aliphatic heterocycles. The minimum atomic E-state index is -4.30. The van der Waals surface area contributed by atoms with Crippen LogP contribution >= 0.6 is 27.7 Å². The fourth-order valence-corrected chi connectivity index (χ4v) is 3.70. The van der Waals surface area contributed by atoms with Crippen LogP contribution in [-0.2, 0) is 11.5 Å². The second-order valence-electron chi connectivity index (χ2n) is 4.60. The monoisotopic (exact) mass is 353 g/mol. The van der Waals surface area contributed by atoms with Crippen LogP contribution < -0.4 is 4.90 Å². The van der Waals surface area contributed by atoms with Crippen molar-refractivity contribution in [2.75, 3.05) is 23.7 Å². The second-order valence-corrected chi connectivity index (χ2v) is 6.71. The van der Waals surface area contributed by atoms with Crippen LogP contribution in [0.25, 0.3) is 0 Å². The maximum absolute atomic E-state index is 13.0. The Balaban J connectivity index is 2.32. The molecular weight excluding hydrogens is 339 g/mol. The highest BCUT2D eigenvalue weighted by molar-refractivity contribution is 9.08. The molecule has 0 bridgehead atoms. The normalized spacial score (nSPS) is 20.7. The van der Waals surface area contributed by atoms with E-state index in [1.807, 2.05) is 16.7 Å². The highest BCUT2D eigenvalue weighted by Gasteiger charge is 2.33. The zero-order chi connectivity index (χ0) is 14.0. The largest absolute Gasteiger partial charge is 0.416 e. The highest BCUT2D eigenvalue weighted by atomic mass is 79.9. The quantitative estimate of drug-likeness (QED) is 0.718. The average molecular weight is 354 g/mol. The van der Waals surface area contributed by atoms with Crippen molar-refractivity contribution < 1.29 is 13.2 Å². The third-order valence-corrected chi connectivity index (χ3v) is 4.89. The molecule has 6 heteroatoms. The molecule has 1 atom stereocenters. The van der Waals surface area contributed by atoms with Crippen LogP contribution in [-0.4, -0.2) is 24.1 Å². The number of rotatable bonds is 2. The van der Waals surface area contributed by atoms with E-state index in [1.54, 1.807) is 12.1 Å². The van der Waals surface area contributed by atoms with E-state index in [-0.39, 0.29) is 10.9 Å². The summed E-state index contributed by atoms with van der Waals surface area (Å²) in [5, 5.41) is 0.674. The SMILES string of the molecule is CC1CN(c2ccc(CBr)c(C(F)(F)F)c2)CCS1. The van der Waals surface area contributed by atoms with Crippen molar-refractivity contribution in [3.63, 3.8) is 0 Å². The average Bonchev–Trinajstić information content (AvgIpc) is 2.37. The Hall–Kier alpha value is -0.360. The van der Waals surface area contributed by atoms with E-state index in [2.05, 4.69) is 22.9 Å². The van der Waals surface area contributed by atoms with Gasteiger partial charge in [-0.15, -0.1) is 0 Å². The summed E-state index contributed by atoms with van der Waals surface area (Å²) >= 11 is 4.98. The summed E-state index contributed by atoms with van der Waals surface area (Å²) < 4.78 is 39.0. The van der Waals surface area contributed by atoms with Gasteiger partial charge in [0.15, 0.2) is 0 Å². The summed E-state index contributed by atoms with van der Waals surface area (Å²) in [5.74, 6) is 0.961. The van der Waals surface area contributed by atoms with Crippen LogP contribution in [0.1, 0.15) is 18.1 Å². The molecule has 1 aromatic rings. The van der Waals surface area contributed by atoms with Gasteiger partial charge in [-0.2, -0.15) is 24.9 Å². The lowest BCUT2D eigenvalue weighted by atomic mass is 10.1. The third kappa shape index (κ3) is 3.60. The number of nitrogens with zero attached hydrogens (tertiary/aromatic N) is 1. The molecule has 0 aliphatic carbocycles. The zero-order valence-electron chi connectivity index (χ0n) is 10.5. The van der Waals surface area contributed by atoms with Crippen molar-refractivity contribution in [3.8, 4) is 0 Å². The number of halogens is 4. The molecular formula is C13H15BrF3NS. The van der Waals surface area contributed by atoms with Gasteiger partial charge in [-0.3, -0.25) is 0 Å². The number of hydrogen-bond acceptors (Lipinski definition) is 2. The van der Waals surface area contributed by atoms with Crippen molar-refractivity contribution in [1.82, 2.24) is 0 Å². The predicted molar refractivity (Wildman–Crippen MR) is 78.2 cm³/mol. The molecule has 0 N–H and O–H groups in total. The van der Waals surface area contributed by atoms with Crippen molar-refractivity contribution in [2.24, 2.45) is 0 Å². The highest BCUT2D eigenvalue weighted by Crippen LogP contribution is 2.36. The lowest BCUT2D eigenvalue weighted by Crippen LogP contribution is -2.36. The fourth-order valence-electron chi connectivity index (χ4n) is 2.19. The van der Waals surface area contributed by atoms with Gasteiger partial charge in [0.05, 0.1) is 5.56 Å². The molecule has 1 saturated heterocycles. The Morgan fingerprint density at radius 3 is 2.74 bits per heavy atom. The third-order valence-electron chi connectivity index (χ3n) is 3.15. The number of benzene rings is 1. The number of thioether (sulfide) groups is 1. The molecule has 106 valence electrons. The van der Waals surface area contributed by atoms with Crippen LogP contribution in [0.3, 0.4) is 0 Å². The molecule has 0 aromatic heterocycles. The first-order valence-electron chi connectivity index (χ1n) is 6.04. The van der Waals surface area contributed by atoms with E-state index in [9.17, 15) is 13.2 Å². The van der Waals surface area contributed by atoms with Gasteiger partial charge in [-0.25, -0.2) is 0 Å². The maximum Gasteiger partial charge on any atom is 0.416 e. The van der Waals surface area contributed by atoms with Crippen molar-refractivity contribution in [2.45, 2.75) is 23.7 Å². The van der Waals surface area contributed by atoms with Crippen LogP contribution in [0, 0.1) is 0 Å². The lowest BCUT2D eigenvalue weighted by Gasteiger charge is -2.33. The van der Waals surface area contributed by atoms with Crippen LogP contribution in [0.15, 0.2) is 18.2 Å². The molecule has 1 nitrogen and oxygen atoms in total. The van der Waals surface area contributed by atoms with E-state index < -0.39 is 11.7 Å². The first-order chi connectivity index (χ1) is 8.91. The molecule has 1 unspecified atom stereocenters. The van der Waals surface area contributed by atoms with E-state index in [0.29, 0.717) is 10.9 Å². The van der Waals surface area contributed by atoms with Gasteiger partial charge >= 0.3 is 6.18 Å². The topological polar surface area (TPSA) is 3.24 Å². The van der Waals surface area contributed by atoms with Gasteiger partial charge in [-0.05, 0) is 17.7 Å². The van der Waals surface area contributed by atoms with Gasteiger partial charge < -0.3 is 4.90 Å². The Kier molecular flexibility index (Phi) is 4.71. The smallest absolute Gasteiger partial charge is 0.370 e. The Morgan fingerprint density at radius 1 is 1.42 bits per heavy atom. The molecule has 0 spiro atoms. The standard InChI is InChI=1S/C13H15BrF3NS/c1-9-8-18(4-5-19-9)11-3-2-10(7-14)12(6-11)13(15,16)17/h2-3,6,9H,4-5,7-8H2,1H3. The number of anilines is 1. The summed E-state index contributed by atoms with van der Waals surface area (Å²) in [7, 11) is 0. The molecule has 1 aliphatic rings. The molecule has 0 saturated carbocycles. The summed E-state index contributed by atoms with van der Waals surface area (Å²) in [6, 6.07) is 4.63. The van der Waals surface area contributed by atoms with E-state index >= 15 is 0 Å². The van der Waals surface area contributed by atoms with E-state index in [0.717, 1.165) is 18.8 Å². The van der Waals surface area contributed by atoms with Crippen molar-refractivity contribution in [3.05, 3.63) is 29.3 Å². The Bertz CT molecular complexity index is 450. The van der Waals surface area contributed by atoms with Crippen LogP contribution in [0.2, 0.25) is 0 Å². The molecule has 1 heterocycles. The summed E-state index contributed by atoms with van der Waals surface area (Å²) in [4.78, 5) is 2.04. The van der Waals surface area contributed by atoms with Gasteiger partial charge in [0.25, 0.3) is 0 Å². The Morgan fingerprint density at radius 2 is 2.16 bits per heavy atom. The lowest BCUT2D eigenvalue weighted by molar-refractivity contribution is -0.138. The first-order valence-corrected chi connectivity index (χ1v) is 8.21. The maximum atomic E-state index is 13.0. The van der Waals surface area contributed by atoms with Crippen molar-refractivity contribution in [1.29, 1.82) is 0 Å². The van der Waals surface area contributed by atoms with Crippen LogP contribution in [0.4, 0.5) is 18.9 Å². The molecule has 1 fully saturated rings. The predicted octanol–water partition coefficient (Wildman–Crippen LogP) is 4.54. The Labute approximate surface area is 123 Å². The molecule has 0 radical (unpaired) electrons. The second kappa shape index (κ2) is 5.95. The summed E-state index contributed by atoms with van der Waals surface area (Å²) in [6.45, 7) is 3.71. The fraction of sp³-hybridized carbons (Fsp3) is 0.538. The van der Waals surface area contributed by atoms with E-state index in [1.165, 1.54) is 6.07 Å². The van der Waals surface area contributed by atoms with Crippen LogP contribution in [0.5, 0.6) is 0 Å². The van der Waals surface area contributed by atoms with Crippen molar-refractivity contribution >= 4 is 33.4 Å². The molecule has 0 amide bonds. The minimum Gasteiger partial charge on any atom is -0.370 e. The van der Waals surface area contributed by atoms with Gasteiger partial charge in [0.1, 0.15) is 0 Å². The van der Waals surface area contributed by atoms with Gasteiger partial charge in [0, 0.05) is 35.1 Å².